The van der Waals surface area contributed by atoms with E-state index in [1.165, 1.54) is 11.1 Å². The quantitative estimate of drug-likeness (QED) is 0.823. The molecule has 0 aliphatic heterocycles. The summed E-state index contributed by atoms with van der Waals surface area (Å²) in [5.74, 6) is 0.987. The highest BCUT2D eigenvalue weighted by atomic mass is 32.1. The Balaban J connectivity index is 1.90. The Bertz CT molecular complexity index is 481. The summed E-state index contributed by atoms with van der Waals surface area (Å²) in [5, 5.41) is 7.90. The first-order valence-electron chi connectivity index (χ1n) is 6.77. The molecule has 1 unspecified atom stereocenters. The van der Waals surface area contributed by atoms with Gasteiger partial charge in [-0.1, -0.05) is 18.2 Å². The highest BCUT2D eigenvalue weighted by Gasteiger charge is 2.10. The second-order valence-electron chi connectivity index (χ2n) is 4.53. The molecule has 0 aliphatic rings. The smallest absolute Gasteiger partial charge is 0.124 e. The molecule has 1 N–H and O–H groups in total. The molecule has 0 fully saturated rings. The minimum Gasteiger partial charge on any atom is -0.494 e. The van der Waals surface area contributed by atoms with Gasteiger partial charge in [-0.3, -0.25) is 0 Å². The van der Waals surface area contributed by atoms with Crippen molar-refractivity contribution in [3.8, 4) is 5.75 Å². The van der Waals surface area contributed by atoms with Crippen molar-refractivity contribution in [2.75, 3.05) is 13.2 Å². The molecule has 1 heterocycles. The van der Waals surface area contributed by atoms with Crippen LogP contribution in [-0.4, -0.2) is 13.2 Å². The fourth-order valence-electron chi connectivity index (χ4n) is 2.10. The van der Waals surface area contributed by atoms with E-state index in [0.717, 1.165) is 18.7 Å². The minimum atomic E-state index is 0.307. The van der Waals surface area contributed by atoms with Crippen molar-refractivity contribution in [2.45, 2.75) is 26.3 Å². The zero-order valence-electron chi connectivity index (χ0n) is 11.6. The van der Waals surface area contributed by atoms with Gasteiger partial charge in [-0.15, -0.1) is 0 Å². The van der Waals surface area contributed by atoms with Gasteiger partial charge in [-0.25, -0.2) is 0 Å². The van der Waals surface area contributed by atoms with Crippen LogP contribution < -0.4 is 10.1 Å². The van der Waals surface area contributed by atoms with Gasteiger partial charge in [-0.05, 0) is 55.3 Å². The van der Waals surface area contributed by atoms with Crippen molar-refractivity contribution in [2.24, 2.45) is 0 Å². The number of hydrogen-bond donors (Lipinski definition) is 1. The van der Waals surface area contributed by atoms with Crippen molar-refractivity contribution in [3.05, 3.63) is 52.2 Å². The molecule has 0 radical (unpaired) electrons. The summed E-state index contributed by atoms with van der Waals surface area (Å²) < 4.78 is 5.67. The SMILES string of the molecule is CCOc1ccccc1C(C)NCCc1ccsc1. The molecule has 2 rings (SSSR count). The van der Waals surface area contributed by atoms with E-state index >= 15 is 0 Å². The van der Waals surface area contributed by atoms with Gasteiger partial charge in [0, 0.05) is 11.6 Å². The summed E-state index contributed by atoms with van der Waals surface area (Å²) >= 11 is 1.76. The molecule has 1 aromatic heterocycles. The van der Waals surface area contributed by atoms with E-state index in [1.807, 2.05) is 19.1 Å². The number of thiophene rings is 1. The Kier molecular flexibility index (Phi) is 5.43. The topological polar surface area (TPSA) is 21.3 Å². The van der Waals surface area contributed by atoms with Crippen LogP contribution in [0.15, 0.2) is 41.1 Å². The van der Waals surface area contributed by atoms with Crippen LogP contribution in [0.5, 0.6) is 5.75 Å². The van der Waals surface area contributed by atoms with Crippen molar-refractivity contribution >= 4 is 11.3 Å². The van der Waals surface area contributed by atoms with E-state index in [0.29, 0.717) is 12.6 Å². The molecule has 1 aromatic carbocycles. The Morgan fingerprint density at radius 3 is 2.84 bits per heavy atom. The first-order valence-corrected chi connectivity index (χ1v) is 7.71. The van der Waals surface area contributed by atoms with E-state index in [9.17, 15) is 0 Å². The minimum absolute atomic E-state index is 0.307. The Hall–Kier alpha value is -1.32. The molecule has 0 amide bonds. The lowest BCUT2D eigenvalue weighted by Crippen LogP contribution is -2.21. The highest BCUT2D eigenvalue weighted by molar-refractivity contribution is 7.07. The molecule has 1 atom stereocenters. The lowest BCUT2D eigenvalue weighted by Gasteiger charge is -2.17. The third-order valence-corrected chi connectivity index (χ3v) is 3.86. The van der Waals surface area contributed by atoms with Crippen LogP contribution in [0.1, 0.15) is 31.0 Å². The number of para-hydroxylation sites is 1. The van der Waals surface area contributed by atoms with Crippen LogP contribution in [0.3, 0.4) is 0 Å². The van der Waals surface area contributed by atoms with Gasteiger partial charge in [0.15, 0.2) is 0 Å². The molecular formula is C16H21NOS. The predicted molar refractivity (Wildman–Crippen MR) is 82.1 cm³/mol. The number of nitrogens with one attached hydrogen (secondary N) is 1. The summed E-state index contributed by atoms with van der Waals surface area (Å²) in [4.78, 5) is 0. The van der Waals surface area contributed by atoms with Crippen molar-refractivity contribution in [1.82, 2.24) is 5.32 Å². The summed E-state index contributed by atoms with van der Waals surface area (Å²) in [6.07, 6.45) is 1.07. The summed E-state index contributed by atoms with van der Waals surface area (Å²) in [6, 6.07) is 10.7. The molecule has 19 heavy (non-hydrogen) atoms. The molecule has 2 aromatic rings. The largest absolute Gasteiger partial charge is 0.494 e. The number of hydrogen-bond acceptors (Lipinski definition) is 3. The van der Waals surface area contributed by atoms with Gasteiger partial charge in [0.25, 0.3) is 0 Å². The fraction of sp³-hybridized carbons (Fsp3) is 0.375. The third kappa shape index (κ3) is 4.08. The molecule has 0 aliphatic carbocycles. The Morgan fingerprint density at radius 1 is 1.26 bits per heavy atom. The maximum atomic E-state index is 5.67. The number of ether oxygens (including phenoxy) is 1. The van der Waals surface area contributed by atoms with Crippen LogP contribution >= 0.6 is 11.3 Å². The molecular weight excluding hydrogens is 254 g/mol. The third-order valence-electron chi connectivity index (χ3n) is 3.13. The lowest BCUT2D eigenvalue weighted by atomic mass is 10.1. The molecule has 0 saturated heterocycles. The van der Waals surface area contributed by atoms with E-state index in [2.05, 4.69) is 41.2 Å². The van der Waals surface area contributed by atoms with Gasteiger partial charge in [0.05, 0.1) is 6.61 Å². The Labute approximate surface area is 119 Å². The van der Waals surface area contributed by atoms with Gasteiger partial charge < -0.3 is 10.1 Å². The van der Waals surface area contributed by atoms with Gasteiger partial charge >= 0.3 is 0 Å². The average molecular weight is 275 g/mol. The van der Waals surface area contributed by atoms with Gasteiger partial charge in [-0.2, -0.15) is 11.3 Å². The maximum Gasteiger partial charge on any atom is 0.124 e. The van der Waals surface area contributed by atoms with Crippen LogP contribution in [0, 0.1) is 0 Å². The van der Waals surface area contributed by atoms with Crippen molar-refractivity contribution < 1.29 is 4.74 Å². The van der Waals surface area contributed by atoms with E-state index < -0.39 is 0 Å². The zero-order valence-corrected chi connectivity index (χ0v) is 12.4. The average Bonchev–Trinajstić information content (AvgIpc) is 2.93. The van der Waals surface area contributed by atoms with Crippen LogP contribution in [0.25, 0.3) is 0 Å². The maximum absolute atomic E-state index is 5.67. The molecule has 0 saturated carbocycles. The first-order chi connectivity index (χ1) is 9.31. The van der Waals surface area contributed by atoms with Crippen molar-refractivity contribution in [3.63, 3.8) is 0 Å². The predicted octanol–water partition coefficient (Wildman–Crippen LogP) is 4.04. The van der Waals surface area contributed by atoms with E-state index in [-0.39, 0.29) is 0 Å². The standard InChI is InChI=1S/C16H21NOS/c1-3-18-16-7-5-4-6-15(16)13(2)17-10-8-14-9-11-19-12-14/h4-7,9,11-13,17H,3,8,10H2,1-2H3. The van der Waals surface area contributed by atoms with Gasteiger partial charge in [0.2, 0.25) is 0 Å². The van der Waals surface area contributed by atoms with Crippen LogP contribution in [-0.2, 0) is 6.42 Å². The second-order valence-corrected chi connectivity index (χ2v) is 5.31. The normalized spacial score (nSPS) is 12.3. The fourth-order valence-corrected chi connectivity index (χ4v) is 2.81. The molecule has 3 heteroatoms. The monoisotopic (exact) mass is 275 g/mol. The highest BCUT2D eigenvalue weighted by Crippen LogP contribution is 2.24. The lowest BCUT2D eigenvalue weighted by molar-refractivity contribution is 0.332. The van der Waals surface area contributed by atoms with Gasteiger partial charge in [0.1, 0.15) is 5.75 Å². The Morgan fingerprint density at radius 2 is 2.11 bits per heavy atom. The molecule has 0 spiro atoms. The zero-order chi connectivity index (χ0) is 13.5. The number of benzene rings is 1. The number of rotatable bonds is 7. The summed E-state index contributed by atoms with van der Waals surface area (Å²) in [6.45, 7) is 5.90. The molecule has 102 valence electrons. The molecule has 0 bridgehead atoms. The first kappa shape index (κ1) is 14.1. The summed E-state index contributed by atoms with van der Waals surface area (Å²) in [7, 11) is 0. The molecule has 2 nitrogen and oxygen atoms in total. The summed E-state index contributed by atoms with van der Waals surface area (Å²) in [5.41, 5.74) is 2.64. The van der Waals surface area contributed by atoms with E-state index in [4.69, 9.17) is 4.74 Å². The van der Waals surface area contributed by atoms with Crippen LogP contribution in [0.4, 0.5) is 0 Å². The van der Waals surface area contributed by atoms with E-state index in [1.54, 1.807) is 11.3 Å². The van der Waals surface area contributed by atoms with Crippen molar-refractivity contribution in [1.29, 1.82) is 0 Å². The second kappa shape index (κ2) is 7.31. The van der Waals surface area contributed by atoms with Crippen LogP contribution in [0.2, 0.25) is 0 Å².